The zero-order chi connectivity index (χ0) is 17.2. The molecule has 0 aliphatic carbocycles. The molecule has 1 aromatic rings. The van der Waals surface area contributed by atoms with Crippen molar-refractivity contribution in [3.63, 3.8) is 0 Å². The van der Waals surface area contributed by atoms with Gasteiger partial charge in [0.15, 0.2) is 0 Å². The Morgan fingerprint density at radius 1 is 1.42 bits per heavy atom. The van der Waals surface area contributed by atoms with Crippen molar-refractivity contribution in [2.24, 2.45) is 5.92 Å². The van der Waals surface area contributed by atoms with Crippen molar-refractivity contribution in [2.45, 2.75) is 24.7 Å². The molecule has 1 aromatic carbocycles. The fourth-order valence-corrected chi connectivity index (χ4v) is 3.59. The summed E-state index contributed by atoms with van der Waals surface area (Å²) in [4.78, 5) is 25.6. The molecule has 0 saturated carbocycles. The maximum Gasteiger partial charge on any atom is 0.225 e. The third-order valence-corrected chi connectivity index (χ3v) is 5.20. The highest BCUT2D eigenvalue weighted by molar-refractivity contribution is 5.89. The van der Waals surface area contributed by atoms with E-state index in [2.05, 4.69) is 5.32 Å². The Labute approximate surface area is 141 Å². The minimum Gasteiger partial charge on any atom is -0.381 e. The van der Waals surface area contributed by atoms with Crippen LogP contribution in [0.2, 0.25) is 0 Å². The van der Waals surface area contributed by atoms with E-state index in [1.807, 2.05) is 6.07 Å². The van der Waals surface area contributed by atoms with Gasteiger partial charge in [-0.05, 0) is 30.5 Å². The topological polar surface area (TPSA) is 58.6 Å². The van der Waals surface area contributed by atoms with E-state index < -0.39 is 0 Å². The second-order valence-electron chi connectivity index (χ2n) is 6.80. The lowest BCUT2D eigenvalue weighted by Gasteiger charge is -2.38. The third-order valence-electron chi connectivity index (χ3n) is 5.20. The van der Waals surface area contributed by atoms with E-state index in [9.17, 15) is 14.0 Å². The quantitative estimate of drug-likeness (QED) is 0.907. The van der Waals surface area contributed by atoms with Crippen LogP contribution in [0.25, 0.3) is 0 Å². The van der Waals surface area contributed by atoms with E-state index in [0.29, 0.717) is 26.3 Å². The van der Waals surface area contributed by atoms with Crippen LogP contribution in [0.5, 0.6) is 0 Å². The lowest BCUT2D eigenvalue weighted by Crippen LogP contribution is -2.46. The first-order chi connectivity index (χ1) is 11.5. The van der Waals surface area contributed by atoms with Crippen molar-refractivity contribution >= 4 is 11.8 Å². The fraction of sp³-hybridized carbons (Fsp3) is 0.556. The number of nitrogens with one attached hydrogen (secondary N) is 1. The summed E-state index contributed by atoms with van der Waals surface area (Å²) in [5.74, 6) is -0.671. The molecule has 24 heavy (non-hydrogen) atoms. The molecule has 2 aliphatic heterocycles. The lowest BCUT2D eigenvalue weighted by atomic mass is 9.74. The lowest BCUT2D eigenvalue weighted by molar-refractivity contribution is -0.128. The van der Waals surface area contributed by atoms with Crippen LogP contribution in [0.4, 0.5) is 4.39 Å². The van der Waals surface area contributed by atoms with Crippen LogP contribution in [-0.2, 0) is 19.7 Å². The van der Waals surface area contributed by atoms with Gasteiger partial charge in [-0.15, -0.1) is 0 Å². The van der Waals surface area contributed by atoms with Gasteiger partial charge >= 0.3 is 0 Å². The second kappa shape index (κ2) is 6.89. The zero-order valence-corrected chi connectivity index (χ0v) is 13.9. The number of likely N-dealkylation sites (tertiary alicyclic amines) is 1. The molecule has 3 rings (SSSR count). The van der Waals surface area contributed by atoms with E-state index in [-0.39, 0.29) is 35.4 Å². The summed E-state index contributed by atoms with van der Waals surface area (Å²) >= 11 is 0. The summed E-state index contributed by atoms with van der Waals surface area (Å²) in [5.41, 5.74) is 0.579. The number of benzene rings is 1. The minimum absolute atomic E-state index is 0.000982. The van der Waals surface area contributed by atoms with Crippen molar-refractivity contribution in [2.75, 3.05) is 33.4 Å². The van der Waals surface area contributed by atoms with Crippen molar-refractivity contribution in [3.05, 3.63) is 35.6 Å². The van der Waals surface area contributed by atoms with Gasteiger partial charge in [-0.1, -0.05) is 12.1 Å². The van der Waals surface area contributed by atoms with Gasteiger partial charge in [0.1, 0.15) is 5.82 Å². The summed E-state index contributed by atoms with van der Waals surface area (Å²) in [5, 5.41) is 3.00. The first-order valence-electron chi connectivity index (χ1n) is 8.36. The van der Waals surface area contributed by atoms with Gasteiger partial charge in [0, 0.05) is 45.2 Å². The molecular formula is C18H23FN2O3. The number of nitrogens with zero attached hydrogens (tertiary/aromatic N) is 1. The molecule has 1 N–H and O–H groups in total. The highest BCUT2D eigenvalue weighted by atomic mass is 19.1. The molecule has 6 heteroatoms. The third kappa shape index (κ3) is 3.43. The Hall–Kier alpha value is -1.95. The molecule has 2 amide bonds. The molecule has 0 aromatic heterocycles. The number of carbonyl (C=O) groups is 2. The summed E-state index contributed by atoms with van der Waals surface area (Å²) in [6, 6.07) is 6.58. The highest BCUT2D eigenvalue weighted by Gasteiger charge is 2.37. The predicted molar refractivity (Wildman–Crippen MR) is 86.9 cm³/mol. The summed E-state index contributed by atoms with van der Waals surface area (Å²) in [7, 11) is 1.71. The average molecular weight is 334 g/mol. The van der Waals surface area contributed by atoms with Gasteiger partial charge in [0.05, 0.1) is 5.92 Å². The monoisotopic (exact) mass is 334 g/mol. The van der Waals surface area contributed by atoms with E-state index in [0.717, 1.165) is 18.4 Å². The van der Waals surface area contributed by atoms with Gasteiger partial charge in [0.25, 0.3) is 0 Å². The number of hydrogen-bond acceptors (Lipinski definition) is 3. The van der Waals surface area contributed by atoms with Gasteiger partial charge in [-0.3, -0.25) is 9.59 Å². The number of amides is 2. The standard InChI is InChI=1S/C18H23FN2O3/c1-21-11-13(9-16(21)22)17(23)20-12-18(5-7-24-8-6-18)14-3-2-4-15(19)10-14/h2-4,10,13H,5-9,11-12H2,1H3,(H,20,23)/t13-/m1/s1. The normalized spacial score (nSPS) is 23.3. The van der Waals surface area contributed by atoms with Crippen LogP contribution >= 0.6 is 0 Å². The molecular weight excluding hydrogens is 311 g/mol. The Morgan fingerprint density at radius 3 is 2.79 bits per heavy atom. The molecule has 5 nitrogen and oxygen atoms in total. The molecule has 0 spiro atoms. The maximum atomic E-state index is 13.7. The Morgan fingerprint density at radius 2 is 2.17 bits per heavy atom. The Kier molecular flexibility index (Phi) is 4.85. The number of carbonyl (C=O) groups excluding carboxylic acids is 2. The first kappa shape index (κ1) is 16.9. The van der Waals surface area contributed by atoms with E-state index >= 15 is 0 Å². The van der Waals surface area contributed by atoms with Gasteiger partial charge < -0.3 is 15.0 Å². The molecule has 130 valence electrons. The van der Waals surface area contributed by atoms with Crippen LogP contribution in [-0.4, -0.2) is 50.1 Å². The summed E-state index contributed by atoms with van der Waals surface area (Å²) in [6.45, 7) is 2.09. The largest absolute Gasteiger partial charge is 0.381 e. The van der Waals surface area contributed by atoms with Crippen LogP contribution in [0.1, 0.15) is 24.8 Å². The van der Waals surface area contributed by atoms with Gasteiger partial charge in [-0.2, -0.15) is 0 Å². The molecule has 2 heterocycles. The van der Waals surface area contributed by atoms with Crippen molar-refractivity contribution in [1.29, 1.82) is 0 Å². The summed E-state index contributed by atoms with van der Waals surface area (Å²) in [6.07, 6.45) is 1.73. The molecule has 2 aliphatic rings. The molecule has 2 saturated heterocycles. The smallest absolute Gasteiger partial charge is 0.225 e. The predicted octanol–water partition coefficient (Wildman–Crippen LogP) is 1.47. The van der Waals surface area contributed by atoms with E-state index in [4.69, 9.17) is 4.74 Å². The average Bonchev–Trinajstić information content (AvgIpc) is 2.93. The second-order valence-corrected chi connectivity index (χ2v) is 6.80. The Bertz CT molecular complexity index is 628. The highest BCUT2D eigenvalue weighted by Crippen LogP contribution is 2.34. The zero-order valence-electron chi connectivity index (χ0n) is 13.9. The van der Waals surface area contributed by atoms with Crippen LogP contribution in [0.15, 0.2) is 24.3 Å². The minimum atomic E-state index is -0.315. The van der Waals surface area contributed by atoms with Crippen molar-refractivity contribution < 1.29 is 18.7 Å². The SMILES string of the molecule is CN1C[C@H](C(=O)NCC2(c3cccc(F)c3)CCOCC2)CC1=O. The van der Waals surface area contributed by atoms with Crippen molar-refractivity contribution in [1.82, 2.24) is 10.2 Å². The number of ether oxygens (including phenoxy) is 1. The Balaban J connectivity index is 1.71. The molecule has 0 unspecified atom stereocenters. The van der Waals surface area contributed by atoms with Crippen LogP contribution in [0.3, 0.4) is 0 Å². The maximum absolute atomic E-state index is 13.7. The van der Waals surface area contributed by atoms with Gasteiger partial charge in [0.2, 0.25) is 11.8 Å². The van der Waals surface area contributed by atoms with Crippen LogP contribution in [0, 0.1) is 11.7 Å². The molecule has 0 radical (unpaired) electrons. The first-order valence-corrected chi connectivity index (χ1v) is 8.36. The molecule has 2 fully saturated rings. The van der Waals surface area contributed by atoms with Crippen LogP contribution < -0.4 is 5.32 Å². The van der Waals surface area contributed by atoms with E-state index in [1.54, 1.807) is 24.1 Å². The molecule has 0 bridgehead atoms. The number of hydrogen-bond donors (Lipinski definition) is 1. The summed E-state index contributed by atoms with van der Waals surface area (Å²) < 4.78 is 19.1. The number of rotatable bonds is 4. The van der Waals surface area contributed by atoms with Gasteiger partial charge in [-0.25, -0.2) is 4.39 Å². The fourth-order valence-electron chi connectivity index (χ4n) is 3.59. The van der Waals surface area contributed by atoms with E-state index in [1.165, 1.54) is 6.07 Å². The number of halogens is 1. The molecule has 1 atom stereocenters. The van der Waals surface area contributed by atoms with Crippen molar-refractivity contribution in [3.8, 4) is 0 Å².